The van der Waals surface area contributed by atoms with Crippen molar-refractivity contribution in [2.45, 2.75) is 5.60 Å². The van der Waals surface area contributed by atoms with Gasteiger partial charge in [0.25, 0.3) is 0 Å². The minimum Gasteiger partial charge on any atom is -0.748 e. The topological polar surface area (TPSA) is 118 Å². The van der Waals surface area contributed by atoms with Crippen LogP contribution < -0.4 is 29.6 Å². The van der Waals surface area contributed by atoms with E-state index in [0.29, 0.717) is 0 Å². The van der Waals surface area contributed by atoms with Crippen LogP contribution in [0.2, 0.25) is 0 Å². The summed E-state index contributed by atoms with van der Waals surface area (Å²) in [7, 11) is -4.63. The van der Waals surface area contributed by atoms with E-state index in [0.717, 1.165) is 0 Å². The molecule has 0 bridgehead atoms. The summed E-state index contributed by atoms with van der Waals surface area (Å²) in [6.07, 6.45) is 0. The number of aliphatic hydroxyl groups excluding tert-OH is 2. The molecule has 0 saturated carbocycles. The molecule has 0 spiro atoms. The second kappa shape index (κ2) is 5.51. The maximum atomic E-state index is 10.0. The maximum Gasteiger partial charge on any atom is 1.00 e. The Balaban J connectivity index is 0. The first-order valence-electron chi connectivity index (χ1n) is 2.71. The van der Waals surface area contributed by atoms with E-state index in [1.807, 2.05) is 0 Å². The minimum absolute atomic E-state index is 0. The van der Waals surface area contributed by atoms with Crippen LogP contribution in [0.1, 0.15) is 0 Å². The van der Waals surface area contributed by atoms with Gasteiger partial charge in [0.05, 0.1) is 29.1 Å². The van der Waals surface area contributed by atoms with Crippen molar-refractivity contribution in [1.82, 2.24) is 0 Å². The SMILES string of the molecule is O=S(=O)([O-])CC(O)(CO)CO.[Na+]. The smallest absolute Gasteiger partial charge is 0.748 e. The van der Waals surface area contributed by atoms with Crippen LogP contribution in [-0.4, -0.2) is 52.9 Å². The fourth-order valence-electron chi connectivity index (χ4n) is 0.470. The maximum absolute atomic E-state index is 10.0. The van der Waals surface area contributed by atoms with Crippen LogP contribution in [0.5, 0.6) is 0 Å². The average molecular weight is 208 g/mol. The largest absolute Gasteiger partial charge is 1.00 e. The van der Waals surface area contributed by atoms with Gasteiger partial charge in [0.1, 0.15) is 5.60 Å². The van der Waals surface area contributed by atoms with Crippen LogP contribution in [0.25, 0.3) is 0 Å². The van der Waals surface area contributed by atoms with E-state index in [-0.39, 0.29) is 29.6 Å². The van der Waals surface area contributed by atoms with Gasteiger partial charge in [-0.05, 0) is 0 Å². The molecule has 0 heterocycles. The number of hydrogen-bond donors (Lipinski definition) is 3. The summed E-state index contributed by atoms with van der Waals surface area (Å²) in [6.45, 7) is -1.93. The van der Waals surface area contributed by atoms with Crippen molar-refractivity contribution < 1.29 is 57.8 Å². The molecule has 8 heteroatoms. The van der Waals surface area contributed by atoms with Crippen molar-refractivity contribution in [3.63, 3.8) is 0 Å². The van der Waals surface area contributed by atoms with Crippen molar-refractivity contribution in [3.8, 4) is 0 Å². The van der Waals surface area contributed by atoms with E-state index in [9.17, 15) is 13.0 Å². The molecule has 0 aliphatic heterocycles. The van der Waals surface area contributed by atoms with Crippen LogP contribution >= 0.6 is 0 Å². The van der Waals surface area contributed by atoms with Crippen molar-refractivity contribution in [2.24, 2.45) is 0 Å². The molecule has 12 heavy (non-hydrogen) atoms. The zero-order valence-corrected chi connectivity index (χ0v) is 9.41. The molecule has 3 N–H and O–H groups in total. The summed E-state index contributed by atoms with van der Waals surface area (Å²) in [5.74, 6) is -1.19. The summed E-state index contributed by atoms with van der Waals surface area (Å²) >= 11 is 0. The van der Waals surface area contributed by atoms with Crippen LogP contribution in [0, 0.1) is 0 Å². The van der Waals surface area contributed by atoms with Gasteiger partial charge in [0.2, 0.25) is 0 Å². The normalized spacial score (nSPS) is 12.3. The fourth-order valence-corrected chi connectivity index (χ4v) is 1.31. The molecule has 0 atom stereocenters. The van der Waals surface area contributed by atoms with Gasteiger partial charge >= 0.3 is 29.6 Å². The van der Waals surface area contributed by atoms with E-state index in [1.54, 1.807) is 0 Å². The van der Waals surface area contributed by atoms with Gasteiger partial charge in [0, 0.05) is 0 Å². The molecule has 0 amide bonds. The average Bonchev–Trinajstić information content (AvgIpc) is 1.84. The molecular formula is C4H9NaO6S. The van der Waals surface area contributed by atoms with Crippen molar-refractivity contribution in [1.29, 1.82) is 0 Å². The predicted octanol–water partition coefficient (Wildman–Crippen LogP) is -5.75. The third-order valence-corrected chi connectivity index (χ3v) is 1.92. The molecule has 6 nitrogen and oxygen atoms in total. The summed E-state index contributed by atoms with van der Waals surface area (Å²) in [4.78, 5) is 0. The van der Waals surface area contributed by atoms with E-state index < -0.39 is 34.7 Å². The quantitative estimate of drug-likeness (QED) is 0.313. The molecule has 0 aromatic rings. The Morgan fingerprint density at radius 1 is 1.25 bits per heavy atom. The van der Waals surface area contributed by atoms with E-state index in [1.165, 1.54) is 0 Å². The molecule has 0 unspecified atom stereocenters. The third kappa shape index (κ3) is 6.32. The monoisotopic (exact) mass is 208 g/mol. The zero-order valence-electron chi connectivity index (χ0n) is 6.60. The number of hydrogen-bond acceptors (Lipinski definition) is 6. The number of rotatable bonds is 4. The molecule has 0 aliphatic carbocycles. The molecule has 0 radical (unpaired) electrons. The Morgan fingerprint density at radius 2 is 1.58 bits per heavy atom. The van der Waals surface area contributed by atoms with Gasteiger partial charge in [-0.1, -0.05) is 0 Å². The van der Waals surface area contributed by atoms with Gasteiger partial charge in [-0.2, -0.15) is 0 Å². The molecule has 0 aromatic heterocycles. The van der Waals surface area contributed by atoms with Gasteiger partial charge in [-0.15, -0.1) is 0 Å². The van der Waals surface area contributed by atoms with E-state index in [4.69, 9.17) is 15.3 Å². The second-order valence-electron chi connectivity index (χ2n) is 2.24. The summed E-state index contributed by atoms with van der Waals surface area (Å²) < 4.78 is 30.1. The molecule has 0 aliphatic rings. The number of aliphatic hydroxyl groups is 3. The Hall–Kier alpha value is 0.790. The van der Waals surface area contributed by atoms with Crippen LogP contribution in [0.3, 0.4) is 0 Å². The molecule has 0 fully saturated rings. The van der Waals surface area contributed by atoms with Gasteiger partial charge in [-0.3, -0.25) is 0 Å². The first-order chi connectivity index (χ1) is 4.83. The molecule has 0 saturated heterocycles. The van der Waals surface area contributed by atoms with Crippen LogP contribution in [0.15, 0.2) is 0 Å². The van der Waals surface area contributed by atoms with Crippen molar-refractivity contribution >= 4 is 10.1 Å². The Labute approximate surface area is 92.3 Å². The minimum atomic E-state index is -4.63. The third-order valence-electron chi connectivity index (χ3n) is 1.03. The van der Waals surface area contributed by atoms with Crippen molar-refractivity contribution in [2.75, 3.05) is 19.0 Å². The Bertz CT molecular complexity index is 208. The molecule has 0 aromatic carbocycles. The van der Waals surface area contributed by atoms with Gasteiger partial charge in [0.15, 0.2) is 0 Å². The first kappa shape index (κ1) is 15.3. The van der Waals surface area contributed by atoms with Crippen LogP contribution in [0.4, 0.5) is 0 Å². The molecule has 68 valence electrons. The Kier molecular flexibility index (Phi) is 7.01. The summed E-state index contributed by atoms with van der Waals surface area (Å²) in [6, 6.07) is 0. The summed E-state index contributed by atoms with van der Waals surface area (Å²) in [5.41, 5.74) is -2.22. The molecular weight excluding hydrogens is 199 g/mol. The van der Waals surface area contributed by atoms with Gasteiger partial charge < -0.3 is 19.9 Å². The standard InChI is InChI=1S/C4H10O6S.Na/c5-1-4(7,2-6)3-11(8,9)10;/h5-7H,1-3H2,(H,8,9,10);/q;+1/p-1. The summed E-state index contributed by atoms with van der Waals surface area (Å²) in [5, 5.41) is 25.6. The van der Waals surface area contributed by atoms with E-state index >= 15 is 0 Å². The van der Waals surface area contributed by atoms with Gasteiger partial charge in [-0.25, -0.2) is 8.42 Å². The predicted molar refractivity (Wildman–Crippen MR) is 33.7 cm³/mol. The molecule has 0 rings (SSSR count). The van der Waals surface area contributed by atoms with Crippen molar-refractivity contribution in [3.05, 3.63) is 0 Å². The Morgan fingerprint density at radius 3 is 1.67 bits per heavy atom. The second-order valence-corrected chi connectivity index (χ2v) is 3.65. The zero-order chi connectivity index (χ0) is 9.12. The first-order valence-corrected chi connectivity index (χ1v) is 4.28. The van der Waals surface area contributed by atoms with E-state index in [2.05, 4.69) is 0 Å². The van der Waals surface area contributed by atoms with Crippen LogP contribution in [-0.2, 0) is 10.1 Å². The fraction of sp³-hybridized carbons (Fsp3) is 1.00.